The van der Waals surface area contributed by atoms with Crippen LogP contribution in [-0.2, 0) is 20.7 Å². The molecule has 6 atom stereocenters. The molecule has 0 radical (unpaired) electrons. The lowest BCUT2D eigenvalue weighted by Gasteiger charge is -2.34. The Morgan fingerprint density at radius 1 is 1.15 bits per heavy atom. The van der Waals surface area contributed by atoms with Crippen molar-refractivity contribution < 1.29 is 29.0 Å². The van der Waals surface area contributed by atoms with E-state index in [0.29, 0.717) is 12.0 Å². The first-order valence-electron chi connectivity index (χ1n) is 11.5. The van der Waals surface area contributed by atoms with Gasteiger partial charge in [0.05, 0.1) is 24.2 Å². The lowest BCUT2D eigenvalue weighted by molar-refractivity contribution is -0.167. The topological polar surface area (TPSA) is 109 Å². The van der Waals surface area contributed by atoms with Crippen LogP contribution in [0.4, 0.5) is 0 Å². The zero-order valence-corrected chi connectivity index (χ0v) is 19.6. The summed E-state index contributed by atoms with van der Waals surface area (Å²) in [6, 6.07) is 7.91. The Morgan fingerprint density at radius 2 is 1.85 bits per heavy atom. The summed E-state index contributed by atoms with van der Waals surface area (Å²) in [5, 5.41) is 25.0. The van der Waals surface area contributed by atoms with E-state index in [2.05, 4.69) is 19.2 Å². The Labute approximate surface area is 194 Å². The van der Waals surface area contributed by atoms with Crippen molar-refractivity contribution in [3.8, 4) is 0 Å². The normalized spacial score (nSPS) is 29.8. The second-order valence-electron chi connectivity index (χ2n) is 10.6. The van der Waals surface area contributed by atoms with Crippen molar-refractivity contribution in [1.82, 2.24) is 5.32 Å². The first kappa shape index (κ1) is 23.5. The molecule has 3 N–H and O–H groups in total. The van der Waals surface area contributed by atoms with E-state index in [1.807, 2.05) is 13.0 Å². The molecule has 33 heavy (non-hydrogen) atoms. The maximum Gasteiger partial charge on any atom is 0.338 e. The van der Waals surface area contributed by atoms with Gasteiger partial charge in [-0.05, 0) is 36.7 Å². The maximum atomic E-state index is 13.2. The quantitative estimate of drug-likeness (QED) is 0.596. The van der Waals surface area contributed by atoms with Gasteiger partial charge in [0.15, 0.2) is 6.10 Å². The highest BCUT2D eigenvalue weighted by Crippen LogP contribution is 2.57. The number of carbonyl (C=O) groups is 2. The number of esters is 1. The Bertz CT molecular complexity index is 1010. The smallest absolute Gasteiger partial charge is 0.338 e. The highest BCUT2D eigenvalue weighted by Gasteiger charge is 2.54. The van der Waals surface area contributed by atoms with E-state index < -0.39 is 29.8 Å². The van der Waals surface area contributed by atoms with Crippen LogP contribution < -0.4 is 5.32 Å². The van der Waals surface area contributed by atoms with Crippen LogP contribution in [0.2, 0.25) is 0 Å². The third-order valence-corrected chi connectivity index (χ3v) is 7.21. The SMILES string of the molecule is CC(=O)N[C@H](c1ccccc1)C(O)C(=O)OC1c2cocc2CC(C)(O)C2CC(C)(C)CC12. The predicted molar refractivity (Wildman–Crippen MR) is 121 cm³/mol. The van der Waals surface area contributed by atoms with Gasteiger partial charge in [-0.1, -0.05) is 44.2 Å². The second-order valence-corrected chi connectivity index (χ2v) is 10.6. The highest BCUT2D eigenvalue weighted by atomic mass is 16.6. The molecule has 0 spiro atoms. The molecule has 7 heteroatoms. The molecule has 2 aromatic rings. The number of fused-ring (bicyclic) bond motifs is 2. The van der Waals surface area contributed by atoms with Gasteiger partial charge in [0, 0.05) is 30.4 Å². The molecular weight excluding hydrogens is 422 g/mol. The molecule has 1 saturated carbocycles. The number of aliphatic hydroxyl groups excluding tert-OH is 1. The molecule has 1 amide bonds. The van der Waals surface area contributed by atoms with Gasteiger partial charge >= 0.3 is 5.97 Å². The summed E-state index contributed by atoms with van der Waals surface area (Å²) in [6.07, 6.45) is 2.90. The van der Waals surface area contributed by atoms with Crippen LogP contribution in [0.25, 0.3) is 0 Å². The van der Waals surface area contributed by atoms with Crippen molar-refractivity contribution in [1.29, 1.82) is 0 Å². The fraction of sp³-hybridized carbons (Fsp3) is 0.538. The van der Waals surface area contributed by atoms with Crippen molar-refractivity contribution in [2.24, 2.45) is 17.3 Å². The molecular formula is C26H33NO6. The molecule has 1 fully saturated rings. The third kappa shape index (κ3) is 4.70. The maximum absolute atomic E-state index is 13.2. The minimum absolute atomic E-state index is 0.0212. The summed E-state index contributed by atoms with van der Waals surface area (Å²) in [5.41, 5.74) is 1.15. The molecule has 1 aromatic heterocycles. The minimum atomic E-state index is -1.59. The van der Waals surface area contributed by atoms with E-state index in [-0.39, 0.29) is 23.2 Å². The molecule has 2 aliphatic rings. The Kier molecular flexibility index (Phi) is 6.14. The van der Waals surface area contributed by atoms with E-state index in [0.717, 1.165) is 24.0 Å². The number of carbonyl (C=O) groups excluding carboxylic acids is 2. The number of nitrogens with one attached hydrogen (secondary N) is 1. The molecule has 1 aromatic carbocycles. The summed E-state index contributed by atoms with van der Waals surface area (Å²) in [5.74, 6) is -1.38. The van der Waals surface area contributed by atoms with E-state index >= 15 is 0 Å². The van der Waals surface area contributed by atoms with Crippen molar-refractivity contribution in [2.45, 2.75) is 70.8 Å². The Morgan fingerprint density at radius 3 is 2.52 bits per heavy atom. The highest BCUT2D eigenvalue weighted by molar-refractivity contribution is 5.79. The monoisotopic (exact) mass is 455 g/mol. The molecule has 0 saturated heterocycles. The van der Waals surface area contributed by atoms with Crippen LogP contribution in [0, 0.1) is 17.3 Å². The molecule has 2 aliphatic carbocycles. The standard InChI is InChI=1S/C26H33NO6/c1-15(28)27-21(16-8-6-5-7-9-16)22(29)24(30)33-23-18-11-25(2,3)12-20(18)26(4,31)10-17-13-32-14-19(17)23/h5-9,13-14,18,20-23,29,31H,10-12H2,1-4H3,(H,27,28)/t18?,20?,21-,22?,23?,26?/m1/s1. The summed E-state index contributed by atoms with van der Waals surface area (Å²) in [4.78, 5) is 25.0. The zero-order valence-electron chi connectivity index (χ0n) is 19.6. The fourth-order valence-electron chi connectivity index (χ4n) is 5.79. The predicted octanol–water partition coefficient (Wildman–Crippen LogP) is 3.46. The van der Waals surface area contributed by atoms with Crippen LogP contribution in [0.5, 0.6) is 0 Å². The van der Waals surface area contributed by atoms with Crippen molar-refractivity contribution >= 4 is 11.9 Å². The molecule has 7 nitrogen and oxygen atoms in total. The number of aliphatic hydroxyl groups is 2. The van der Waals surface area contributed by atoms with Crippen LogP contribution in [-0.4, -0.2) is 33.8 Å². The Balaban J connectivity index is 1.65. The van der Waals surface area contributed by atoms with E-state index in [1.165, 1.54) is 6.92 Å². The van der Waals surface area contributed by atoms with Gasteiger partial charge < -0.3 is 24.7 Å². The van der Waals surface area contributed by atoms with Crippen LogP contribution in [0.15, 0.2) is 47.3 Å². The van der Waals surface area contributed by atoms with Crippen LogP contribution in [0.3, 0.4) is 0 Å². The van der Waals surface area contributed by atoms with E-state index in [4.69, 9.17) is 9.15 Å². The average Bonchev–Trinajstić information content (AvgIpc) is 3.31. The number of ether oxygens (including phenoxy) is 1. The van der Waals surface area contributed by atoms with Gasteiger partial charge in [-0.2, -0.15) is 0 Å². The largest absolute Gasteiger partial charge is 0.472 e. The molecule has 0 aliphatic heterocycles. The number of amides is 1. The fourth-order valence-corrected chi connectivity index (χ4v) is 5.79. The van der Waals surface area contributed by atoms with Gasteiger partial charge in [0.25, 0.3) is 0 Å². The minimum Gasteiger partial charge on any atom is -0.472 e. The van der Waals surface area contributed by atoms with Crippen molar-refractivity contribution in [3.63, 3.8) is 0 Å². The van der Waals surface area contributed by atoms with Crippen LogP contribution in [0.1, 0.15) is 69.4 Å². The van der Waals surface area contributed by atoms with Gasteiger partial charge in [-0.25, -0.2) is 4.79 Å². The third-order valence-electron chi connectivity index (χ3n) is 7.21. The molecule has 4 rings (SSSR count). The van der Waals surface area contributed by atoms with Crippen molar-refractivity contribution in [2.75, 3.05) is 0 Å². The Hall–Kier alpha value is -2.64. The summed E-state index contributed by atoms with van der Waals surface area (Å²) < 4.78 is 11.4. The molecule has 1 heterocycles. The van der Waals surface area contributed by atoms with Crippen LogP contribution >= 0.6 is 0 Å². The zero-order chi connectivity index (χ0) is 24.0. The number of furan rings is 1. The van der Waals surface area contributed by atoms with Gasteiger partial charge in [-0.15, -0.1) is 0 Å². The summed E-state index contributed by atoms with van der Waals surface area (Å²) in [7, 11) is 0. The first-order valence-corrected chi connectivity index (χ1v) is 11.5. The van der Waals surface area contributed by atoms with Gasteiger partial charge in [0.1, 0.15) is 6.10 Å². The number of hydrogen-bond donors (Lipinski definition) is 3. The second kappa shape index (κ2) is 8.61. The lowest BCUT2D eigenvalue weighted by Crippen LogP contribution is -2.42. The first-order chi connectivity index (χ1) is 15.5. The van der Waals surface area contributed by atoms with Gasteiger partial charge in [0.2, 0.25) is 5.91 Å². The molecule has 5 unspecified atom stereocenters. The number of benzene rings is 1. The van der Waals surface area contributed by atoms with E-state index in [9.17, 15) is 19.8 Å². The summed E-state index contributed by atoms with van der Waals surface area (Å²) >= 11 is 0. The molecule has 0 bridgehead atoms. The van der Waals surface area contributed by atoms with E-state index in [1.54, 1.807) is 36.8 Å². The number of rotatable bonds is 5. The molecule has 178 valence electrons. The lowest BCUT2D eigenvalue weighted by atomic mass is 9.78. The van der Waals surface area contributed by atoms with Gasteiger partial charge in [-0.3, -0.25) is 4.79 Å². The number of hydrogen-bond acceptors (Lipinski definition) is 6. The average molecular weight is 456 g/mol. The van der Waals surface area contributed by atoms with Crippen molar-refractivity contribution in [3.05, 3.63) is 59.5 Å². The summed E-state index contributed by atoms with van der Waals surface area (Å²) in [6.45, 7) is 7.49.